The monoisotopic (exact) mass is 326 g/mol. The van der Waals surface area contributed by atoms with Gasteiger partial charge in [-0.15, -0.1) is 0 Å². The molecule has 0 spiro atoms. The Labute approximate surface area is 138 Å². The Morgan fingerprint density at radius 2 is 1.78 bits per heavy atom. The number of halogens is 1. The van der Waals surface area contributed by atoms with Crippen molar-refractivity contribution in [1.82, 2.24) is 14.5 Å². The minimum absolute atomic E-state index is 0.127. The van der Waals surface area contributed by atoms with E-state index in [-0.39, 0.29) is 5.56 Å². The number of hydrogen-bond acceptors (Lipinski definition) is 4. The van der Waals surface area contributed by atoms with Gasteiger partial charge in [-0.2, -0.15) is 0 Å². The zero-order valence-electron chi connectivity index (χ0n) is 12.4. The van der Waals surface area contributed by atoms with Crippen molar-refractivity contribution in [2.45, 2.75) is 12.8 Å². The maximum absolute atomic E-state index is 12.7. The molecule has 1 aliphatic heterocycles. The summed E-state index contributed by atoms with van der Waals surface area (Å²) in [5.41, 5.74) is 1.32. The lowest BCUT2D eigenvalue weighted by atomic mass is 10.2. The van der Waals surface area contributed by atoms with Crippen LogP contribution < -0.4 is 10.5 Å². The summed E-state index contributed by atoms with van der Waals surface area (Å²) in [5.74, 6) is 0.707. The van der Waals surface area contributed by atoms with Crippen molar-refractivity contribution in [1.29, 1.82) is 0 Å². The van der Waals surface area contributed by atoms with E-state index in [4.69, 9.17) is 11.6 Å². The third-order valence-electron chi connectivity index (χ3n) is 4.13. The quantitative estimate of drug-likeness (QED) is 0.726. The van der Waals surface area contributed by atoms with Gasteiger partial charge in [0.1, 0.15) is 0 Å². The van der Waals surface area contributed by atoms with Gasteiger partial charge in [0, 0.05) is 36.2 Å². The average molecular weight is 327 g/mol. The van der Waals surface area contributed by atoms with Gasteiger partial charge in [0.2, 0.25) is 5.95 Å². The summed E-state index contributed by atoms with van der Waals surface area (Å²) in [5, 5.41) is 1.16. The van der Waals surface area contributed by atoms with Gasteiger partial charge in [-0.05, 0) is 43.2 Å². The van der Waals surface area contributed by atoms with Gasteiger partial charge in [0.05, 0.1) is 10.9 Å². The molecule has 1 fully saturated rings. The lowest BCUT2D eigenvalue weighted by Gasteiger charge is -2.15. The van der Waals surface area contributed by atoms with Crippen LogP contribution in [0.3, 0.4) is 0 Å². The second kappa shape index (κ2) is 5.66. The van der Waals surface area contributed by atoms with E-state index in [0.29, 0.717) is 21.9 Å². The zero-order chi connectivity index (χ0) is 15.8. The lowest BCUT2D eigenvalue weighted by Crippen LogP contribution is -2.22. The van der Waals surface area contributed by atoms with Gasteiger partial charge in [0.25, 0.3) is 5.56 Å². The van der Waals surface area contributed by atoms with Crippen molar-refractivity contribution in [3.8, 4) is 5.69 Å². The van der Waals surface area contributed by atoms with Crippen LogP contribution in [-0.4, -0.2) is 27.6 Å². The number of aromatic nitrogens is 3. The first-order valence-corrected chi connectivity index (χ1v) is 7.99. The standard InChI is InChI=1S/C17H15ClN4O/c18-12-3-5-13(6-4-12)22-10-7-15-14(16(22)23)11-19-17(20-15)21-8-1-2-9-21/h3-7,10-11H,1-2,8-9H2. The van der Waals surface area contributed by atoms with Crippen molar-refractivity contribution >= 4 is 28.5 Å². The Bertz CT molecular complexity index is 914. The van der Waals surface area contributed by atoms with E-state index in [2.05, 4.69) is 14.9 Å². The van der Waals surface area contributed by atoms with Crippen LogP contribution in [0.5, 0.6) is 0 Å². The molecule has 1 saturated heterocycles. The number of fused-ring (bicyclic) bond motifs is 1. The third kappa shape index (κ3) is 2.57. The molecule has 2 aromatic heterocycles. The smallest absolute Gasteiger partial charge is 0.266 e. The van der Waals surface area contributed by atoms with Crippen LogP contribution in [0.15, 0.2) is 47.5 Å². The van der Waals surface area contributed by atoms with Crippen LogP contribution in [-0.2, 0) is 0 Å². The molecule has 1 aromatic carbocycles. The molecule has 0 unspecified atom stereocenters. The molecule has 0 amide bonds. The van der Waals surface area contributed by atoms with Gasteiger partial charge < -0.3 is 4.90 Å². The number of benzene rings is 1. The first kappa shape index (κ1) is 14.2. The maximum atomic E-state index is 12.7. The van der Waals surface area contributed by atoms with E-state index in [1.807, 2.05) is 18.2 Å². The molecule has 0 aliphatic carbocycles. The Kier molecular flexibility index (Phi) is 3.50. The van der Waals surface area contributed by atoms with Crippen LogP contribution in [0.2, 0.25) is 5.02 Å². The average Bonchev–Trinajstić information content (AvgIpc) is 3.10. The zero-order valence-corrected chi connectivity index (χ0v) is 13.2. The minimum atomic E-state index is -0.127. The number of rotatable bonds is 2. The molecule has 116 valence electrons. The van der Waals surface area contributed by atoms with E-state index in [9.17, 15) is 4.79 Å². The molecule has 3 heterocycles. The Morgan fingerprint density at radius 3 is 2.52 bits per heavy atom. The summed E-state index contributed by atoms with van der Waals surface area (Å²) in [6.07, 6.45) is 5.71. The summed E-state index contributed by atoms with van der Waals surface area (Å²) in [7, 11) is 0. The van der Waals surface area contributed by atoms with Crippen molar-refractivity contribution in [3.63, 3.8) is 0 Å². The predicted octanol–water partition coefficient (Wildman–Crippen LogP) is 3.03. The summed E-state index contributed by atoms with van der Waals surface area (Å²) in [6, 6.07) is 9.01. The summed E-state index contributed by atoms with van der Waals surface area (Å²) in [6.45, 7) is 1.96. The predicted molar refractivity (Wildman–Crippen MR) is 91.6 cm³/mol. The van der Waals surface area contributed by atoms with E-state index in [1.165, 1.54) is 12.8 Å². The molecule has 6 heteroatoms. The normalized spacial score (nSPS) is 14.6. The molecular weight excluding hydrogens is 312 g/mol. The minimum Gasteiger partial charge on any atom is -0.341 e. The highest BCUT2D eigenvalue weighted by molar-refractivity contribution is 6.30. The van der Waals surface area contributed by atoms with E-state index in [0.717, 1.165) is 18.8 Å². The molecular formula is C17H15ClN4O. The summed E-state index contributed by atoms with van der Waals surface area (Å²) < 4.78 is 1.58. The molecule has 0 atom stereocenters. The lowest BCUT2D eigenvalue weighted by molar-refractivity contribution is 0.904. The fraction of sp³-hybridized carbons (Fsp3) is 0.235. The SMILES string of the molecule is O=c1c2cnc(N3CCCC3)nc2ccn1-c1ccc(Cl)cc1. The number of hydrogen-bond donors (Lipinski definition) is 0. The Morgan fingerprint density at radius 1 is 1.04 bits per heavy atom. The highest BCUT2D eigenvalue weighted by atomic mass is 35.5. The molecule has 3 aromatic rings. The fourth-order valence-electron chi connectivity index (χ4n) is 2.89. The van der Waals surface area contributed by atoms with Crippen molar-refractivity contribution in [2.75, 3.05) is 18.0 Å². The molecule has 1 aliphatic rings. The van der Waals surface area contributed by atoms with Crippen LogP contribution in [0.1, 0.15) is 12.8 Å². The van der Waals surface area contributed by atoms with Crippen LogP contribution in [0.25, 0.3) is 16.6 Å². The first-order chi connectivity index (χ1) is 11.2. The molecule has 0 radical (unpaired) electrons. The molecule has 23 heavy (non-hydrogen) atoms. The van der Waals surface area contributed by atoms with Gasteiger partial charge in [-0.3, -0.25) is 9.36 Å². The van der Waals surface area contributed by atoms with E-state index < -0.39 is 0 Å². The van der Waals surface area contributed by atoms with Crippen molar-refractivity contribution in [3.05, 3.63) is 58.1 Å². The van der Waals surface area contributed by atoms with E-state index in [1.54, 1.807) is 29.1 Å². The van der Waals surface area contributed by atoms with Crippen molar-refractivity contribution in [2.24, 2.45) is 0 Å². The third-order valence-corrected chi connectivity index (χ3v) is 4.38. The summed E-state index contributed by atoms with van der Waals surface area (Å²) >= 11 is 5.90. The van der Waals surface area contributed by atoms with E-state index >= 15 is 0 Å². The fourth-order valence-corrected chi connectivity index (χ4v) is 3.02. The van der Waals surface area contributed by atoms with Crippen LogP contribution >= 0.6 is 11.6 Å². The van der Waals surface area contributed by atoms with Gasteiger partial charge in [-0.1, -0.05) is 11.6 Å². The second-order valence-electron chi connectivity index (χ2n) is 5.63. The highest BCUT2D eigenvalue weighted by Gasteiger charge is 2.16. The second-order valence-corrected chi connectivity index (χ2v) is 6.07. The van der Waals surface area contributed by atoms with Gasteiger partial charge >= 0.3 is 0 Å². The van der Waals surface area contributed by atoms with Crippen LogP contribution in [0, 0.1) is 0 Å². The summed E-state index contributed by atoms with van der Waals surface area (Å²) in [4.78, 5) is 23.8. The van der Waals surface area contributed by atoms with Gasteiger partial charge in [-0.25, -0.2) is 9.97 Å². The Hall–Kier alpha value is -2.40. The highest BCUT2D eigenvalue weighted by Crippen LogP contribution is 2.18. The Balaban J connectivity index is 1.80. The molecule has 0 N–H and O–H groups in total. The van der Waals surface area contributed by atoms with Gasteiger partial charge in [0.15, 0.2) is 0 Å². The van der Waals surface area contributed by atoms with Crippen molar-refractivity contribution < 1.29 is 0 Å². The van der Waals surface area contributed by atoms with Crippen LogP contribution in [0.4, 0.5) is 5.95 Å². The maximum Gasteiger partial charge on any atom is 0.266 e. The number of anilines is 1. The number of pyridine rings is 1. The molecule has 0 saturated carbocycles. The first-order valence-electron chi connectivity index (χ1n) is 7.62. The molecule has 5 nitrogen and oxygen atoms in total. The number of nitrogens with zero attached hydrogens (tertiary/aromatic N) is 4. The molecule has 0 bridgehead atoms. The largest absolute Gasteiger partial charge is 0.341 e. The topological polar surface area (TPSA) is 51.0 Å². The molecule has 4 rings (SSSR count).